The number of nitro groups is 2. The molecular weight excluding hydrogens is 270 g/mol. The molecule has 0 N–H and O–H groups in total. The van der Waals surface area contributed by atoms with Crippen LogP contribution in [0.25, 0.3) is 0 Å². The molecular formula is C11H11N3O6. The maximum atomic E-state index is 11.7. The number of ether oxygens (including phenoxy) is 1. The van der Waals surface area contributed by atoms with E-state index in [4.69, 9.17) is 0 Å². The van der Waals surface area contributed by atoms with Crippen molar-refractivity contribution in [2.24, 2.45) is 0 Å². The van der Waals surface area contributed by atoms with Crippen LogP contribution in [-0.2, 0) is 11.2 Å². The number of hydrogen-bond donors (Lipinski definition) is 0. The molecule has 0 radical (unpaired) electrons. The average molecular weight is 281 g/mol. The van der Waals surface area contributed by atoms with Gasteiger partial charge in [-0.3, -0.25) is 25.1 Å². The van der Waals surface area contributed by atoms with Crippen molar-refractivity contribution in [1.82, 2.24) is 0 Å². The van der Waals surface area contributed by atoms with Crippen LogP contribution < -0.4 is 4.90 Å². The number of benzene rings is 1. The van der Waals surface area contributed by atoms with Crippen LogP contribution in [0.4, 0.5) is 21.9 Å². The first-order valence-electron chi connectivity index (χ1n) is 5.77. The highest BCUT2D eigenvalue weighted by atomic mass is 16.6. The van der Waals surface area contributed by atoms with E-state index in [1.54, 1.807) is 0 Å². The lowest BCUT2D eigenvalue weighted by molar-refractivity contribution is -0.393. The highest BCUT2D eigenvalue weighted by Crippen LogP contribution is 2.39. The van der Waals surface area contributed by atoms with Crippen LogP contribution in [0.15, 0.2) is 12.1 Å². The van der Waals surface area contributed by atoms with Crippen molar-refractivity contribution in [1.29, 1.82) is 0 Å². The molecule has 1 aliphatic heterocycles. The first-order valence-corrected chi connectivity index (χ1v) is 5.77. The van der Waals surface area contributed by atoms with Crippen molar-refractivity contribution in [3.8, 4) is 0 Å². The molecule has 0 saturated heterocycles. The molecule has 0 spiro atoms. The second kappa shape index (κ2) is 5.11. The molecule has 1 aromatic rings. The van der Waals surface area contributed by atoms with Crippen molar-refractivity contribution in [3.05, 3.63) is 37.9 Å². The third-order valence-corrected chi connectivity index (χ3v) is 3.05. The largest absolute Gasteiger partial charge is 0.452 e. The smallest absolute Gasteiger partial charge is 0.414 e. The van der Waals surface area contributed by atoms with Gasteiger partial charge in [0.1, 0.15) is 5.69 Å². The fourth-order valence-electron chi connectivity index (χ4n) is 2.24. The van der Waals surface area contributed by atoms with Gasteiger partial charge in [0, 0.05) is 12.6 Å². The lowest BCUT2D eigenvalue weighted by Gasteiger charge is -2.27. The minimum absolute atomic E-state index is 0.0821. The van der Waals surface area contributed by atoms with E-state index in [2.05, 4.69) is 4.74 Å². The van der Waals surface area contributed by atoms with Crippen molar-refractivity contribution >= 4 is 23.2 Å². The summed E-state index contributed by atoms with van der Waals surface area (Å²) in [6.45, 7) is 0.276. The fraction of sp³-hybridized carbons (Fsp3) is 0.364. The van der Waals surface area contributed by atoms with E-state index < -0.39 is 21.6 Å². The molecule has 0 aromatic heterocycles. The molecule has 0 unspecified atom stereocenters. The predicted molar refractivity (Wildman–Crippen MR) is 67.8 cm³/mol. The van der Waals surface area contributed by atoms with E-state index in [9.17, 15) is 25.0 Å². The minimum atomic E-state index is -0.729. The number of carbonyl (C=O) groups is 1. The number of non-ortho nitro benzene ring substituents is 1. The van der Waals surface area contributed by atoms with Crippen LogP contribution in [0.2, 0.25) is 0 Å². The third kappa shape index (κ3) is 2.25. The molecule has 0 atom stereocenters. The Hall–Kier alpha value is -2.71. The maximum absolute atomic E-state index is 11.7. The molecule has 2 rings (SSSR count). The van der Waals surface area contributed by atoms with Crippen LogP contribution in [0, 0.1) is 20.2 Å². The second-order valence-corrected chi connectivity index (χ2v) is 4.21. The van der Waals surface area contributed by atoms with E-state index in [0.717, 1.165) is 11.0 Å². The number of methoxy groups -OCH3 is 1. The molecule has 0 bridgehead atoms. The van der Waals surface area contributed by atoms with E-state index >= 15 is 0 Å². The Balaban J connectivity index is 2.65. The quantitative estimate of drug-likeness (QED) is 0.604. The van der Waals surface area contributed by atoms with Crippen molar-refractivity contribution in [2.45, 2.75) is 12.8 Å². The zero-order valence-corrected chi connectivity index (χ0v) is 10.6. The average Bonchev–Trinajstić information content (AvgIpc) is 2.44. The summed E-state index contributed by atoms with van der Waals surface area (Å²) in [4.78, 5) is 33.3. The highest BCUT2D eigenvalue weighted by molar-refractivity contribution is 5.93. The van der Waals surface area contributed by atoms with Gasteiger partial charge >= 0.3 is 6.09 Å². The molecule has 9 nitrogen and oxygen atoms in total. The number of rotatable bonds is 2. The summed E-state index contributed by atoms with van der Waals surface area (Å²) in [6.07, 6.45) is 0.272. The molecule has 1 amide bonds. The summed E-state index contributed by atoms with van der Waals surface area (Å²) < 4.78 is 4.59. The van der Waals surface area contributed by atoms with Crippen molar-refractivity contribution in [2.75, 3.05) is 18.6 Å². The summed E-state index contributed by atoms with van der Waals surface area (Å²) in [6, 6.07) is 2.12. The van der Waals surface area contributed by atoms with Crippen LogP contribution in [-0.4, -0.2) is 29.6 Å². The van der Waals surface area contributed by atoms with Crippen LogP contribution >= 0.6 is 0 Å². The zero-order chi connectivity index (χ0) is 14.9. The number of aryl methyl sites for hydroxylation is 1. The fourth-order valence-corrected chi connectivity index (χ4v) is 2.24. The van der Waals surface area contributed by atoms with Crippen LogP contribution in [0.5, 0.6) is 0 Å². The molecule has 1 aromatic carbocycles. The Kier molecular flexibility index (Phi) is 3.51. The maximum Gasteiger partial charge on any atom is 0.414 e. The SMILES string of the molecule is COC(=O)N1CCCc2cc([N+](=O)[O-])cc([N+](=O)[O-])c21. The monoisotopic (exact) mass is 281 g/mol. The lowest BCUT2D eigenvalue weighted by Crippen LogP contribution is -2.35. The summed E-state index contributed by atoms with van der Waals surface area (Å²) in [5.41, 5.74) is -0.331. The summed E-state index contributed by atoms with van der Waals surface area (Å²) in [5, 5.41) is 21.9. The van der Waals surface area contributed by atoms with Crippen molar-refractivity contribution in [3.63, 3.8) is 0 Å². The topological polar surface area (TPSA) is 116 Å². The van der Waals surface area contributed by atoms with E-state index in [-0.39, 0.29) is 17.9 Å². The molecule has 9 heteroatoms. The normalized spacial score (nSPS) is 13.6. The Morgan fingerprint density at radius 2 is 2.00 bits per heavy atom. The van der Waals surface area contributed by atoms with Gasteiger partial charge in [0.25, 0.3) is 11.4 Å². The lowest BCUT2D eigenvalue weighted by atomic mass is 10.00. The number of carbonyl (C=O) groups excluding carboxylic acids is 1. The van der Waals surface area contributed by atoms with Gasteiger partial charge < -0.3 is 4.74 Å². The van der Waals surface area contributed by atoms with Gasteiger partial charge in [-0.15, -0.1) is 0 Å². The standard InChI is InChI=1S/C11H11N3O6/c1-20-11(15)12-4-2-3-7-5-8(13(16)17)6-9(10(7)12)14(18)19/h5-6H,2-4H2,1H3. The van der Waals surface area contributed by atoms with Crippen LogP contribution in [0.1, 0.15) is 12.0 Å². The molecule has 0 fully saturated rings. The first-order chi connectivity index (χ1) is 9.45. The minimum Gasteiger partial charge on any atom is -0.452 e. The summed E-state index contributed by atoms with van der Waals surface area (Å²) in [7, 11) is 1.17. The van der Waals surface area contributed by atoms with Gasteiger partial charge in [0.2, 0.25) is 0 Å². The molecule has 0 aliphatic carbocycles. The molecule has 1 aliphatic rings. The molecule has 20 heavy (non-hydrogen) atoms. The van der Waals surface area contributed by atoms with Gasteiger partial charge in [-0.2, -0.15) is 0 Å². The Morgan fingerprint density at radius 1 is 1.30 bits per heavy atom. The Bertz CT molecular complexity index is 600. The van der Waals surface area contributed by atoms with Gasteiger partial charge in [-0.1, -0.05) is 0 Å². The first kappa shape index (κ1) is 13.7. The van der Waals surface area contributed by atoms with E-state index in [1.807, 2.05) is 0 Å². The van der Waals surface area contributed by atoms with Crippen molar-refractivity contribution < 1.29 is 19.4 Å². The highest BCUT2D eigenvalue weighted by Gasteiger charge is 2.33. The number of amides is 1. The molecule has 106 valence electrons. The molecule has 1 heterocycles. The van der Waals surface area contributed by atoms with Gasteiger partial charge in [0.05, 0.1) is 23.0 Å². The number of hydrogen-bond acceptors (Lipinski definition) is 6. The third-order valence-electron chi connectivity index (χ3n) is 3.05. The summed E-state index contributed by atoms with van der Waals surface area (Å²) in [5.74, 6) is 0. The summed E-state index contributed by atoms with van der Waals surface area (Å²) >= 11 is 0. The van der Waals surface area contributed by atoms with Gasteiger partial charge in [0.15, 0.2) is 0 Å². The van der Waals surface area contributed by atoms with E-state index in [0.29, 0.717) is 18.4 Å². The Labute approximate surface area is 113 Å². The predicted octanol–water partition coefficient (Wildman–Crippen LogP) is 2.02. The zero-order valence-electron chi connectivity index (χ0n) is 10.6. The van der Waals surface area contributed by atoms with E-state index in [1.165, 1.54) is 13.2 Å². The van der Waals surface area contributed by atoms with Gasteiger partial charge in [-0.25, -0.2) is 4.79 Å². The van der Waals surface area contributed by atoms with Gasteiger partial charge in [-0.05, 0) is 18.4 Å². The number of nitro benzene ring substituents is 2. The Morgan fingerprint density at radius 3 is 2.55 bits per heavy atom. The number of nitrogens with zero attached hydrogens (tertiary/aromatic N) is 3. The van der Waals surface area contributed by atoms with Crippen LogP contribution in [0.3, 0.4) is 0 Å². The molecule has 0 saturated carbocycles. The number of fused-ring (bicyclic) bond motifs is 1. The number of anilines is 1. The second-order valence-electron chi connectivity index (χ2n) is 4.21.